The number of likely N-dealkylation sites (tertiary alicyclic amines) is 1. The minimum Gasteiger partial charge on any atom is -0.451 e. The zero-order valence-electron chi connectivity index (χ0n) is 18.4. The Morgan fingerprint density at radius 1 is 1.35 bits per heavy atom. The highest BCUT2D eigenvalue weighted by Gasteiger charge is 2.21. The van der Waals surface area contributed by atoms with E-state index in [1.807, 2.05) is 36.6 Å². The predicted molar refractivity (Wildman–Crippen MR) is 129 cm³/mol. The third kappa shape index (κ3) is 5.90. The molecule has 1 aromatic carbocycles. The molecule has 1 atom stereocenters. The summed E-state index contributed by atoms with van der Waals surface area (Å²) in [6.45, 7) is 8.57. The number of amides is 1. The van der Waals surface area contributed by atoms with Crippen LogP contribution in [0.15, 0.2) is 38.4 Å². The standard InChI is InChI=1S/C24H31N3O2S2/c1-17-8-7-13-27(14-17)12-6-5-11-25-23(28)22-20(16-31-24-26-18(2)15-30-24)19-9-3-4-10-21(19)29-22/h3-4,9-10,15,17H,5-8,11-14,16H2,1-2H3,(H,25,28). The van der Waals surface area contributed by atoms with Crippen LogP contribution in [0.3, 0.4) is 0 Å². The fourth-order valence-electron chi connectivity index (χ4n) is 4.19. The summed E-state index contributed by atoms with van der Waals surface area (Å²) in [5.74, 6) is 1.80. The van der Waals surface area contributed by atoms with Crippen LogP contribution < -0.4 is 5.32 Å². The number of nitrogens with zero attached hydrogens (tertiary/aromatic N) is 2. The van der Waals surface area contributed by atoms with E-state index in [1.165, 1.54) is 25.9 Å². The Bertz CT molecular complexity index is 1010. The van der Waals surface area contributed by atoms with E-state index >= 15 is 0 Å². The van der Waals surface area contributed by atoms with E-state index < -0.39 is 0 Å². The van der Waals surface area contributed by atoms with Gasteiger partial charge < -0.3 is 14.6 Å². The maximum atomic E-state index is 12.9. The summed E-state index contributed by atoms with van der Waals surface area (Å²) >= 11 is 3.29. The number of piperidine rings is 1. The summed E-state index contributed by atoms with van der Waals surface area (Å²) in [5.41, 5.74) is 2.74. The number of nitrogens with one attached hydrogen (secondary N) is 1. The van der Waals surface area contributed by atoms with Gasteiger partial charge in [-0.2, -0.15) is 0 Å². The second-order valence-electron chi connectivity index (χ2n) is 8.46. The first-order valence-electron chi connectivity index (χ1n) is 11.2. The quantitative estimate of drug-likeness (QED) is 0.328. The third-order valence-corrected chi connectivity index (χ3v) is 7.94. The lowest BCUT2D eigenvalue weighted by Gasteiger charge is -2.30. The second kappa shape index (κ2) is 10.7. The Morgan fingerprint density at radius 3 is 3.03 bits per heavy atom. The first-order chi connectivity index (χ1) is 15.1. The maximum absolute atomic E-state index is 12.9. The van der Waals surface area contributed by atoms with Gasteiger partial charge in [0.15, 0.2) is 5.76 Å². The molecule has 7 heteroatoms. The van der Waals surface area contributed by atoms with Gasteiger partial charge in [0.05, 0.1) is 0 Å². The molecule has 5 nitrogen and oxygen atoms in total. The molecule has 2 aromatic heterocycles. The fraction of sp³-hybridized carbons (Fsp3) is 0.500. The SMILES string of the molecule is Cc1csc(SCc2c(C(=O)NCCCCN3CCCC(C)C3)oc3ccccc23)n1. The molecular formula is C24H31N3O2S2. The van der Waals surface area contributed by atoms with Gasteiger partial charge in [0.25, 0.3) is 5.91 Å². The number of carbonyl (C=O) groups is 1. The zero-order valence-corrected chi connectivity index (χ0v) is 20.0. The van der Waals surface area contributed by atoms with Gasteiger partial charge in [0.2, 0.25) is 0 Å². The van der Waals surface area contributed by atoms with E-state index in [0.29, 0.717) is 18.1 Å². The van der Waals surface area contributed by atoms with Crippen LogP contribution in [-0.4, -0.2) is 42.0 Å². The molecule has 0 spiro atoms. The molecule has 1 saturated heterocycles. The van der Waals surface area contributed by atoms with Gasteiger partial charge >= 0.3 is 0 Å². The Balaban J connectivity index is 1.33. The number of thioether (sulfide) groups is 1. The molecule has 1 N–H and O–H groups in total. The van der Waals surface area contributed by atoms with Crippen molar-refractivity contribution >= 4 is 40.0 Å². The van der Waals surface area contributed by atoms with Crippen LogP contribution in [0, 0.1) is 12.8 Å². The fourth-order valence-corrected chi connectivity index (χ4v) is 6.07. The molecule has 1 fully saturated rings. The van der Waals surface area contributed by atoms with Crippen molar-refractivity contribution in [3.8, 4) is 0 Å². The first kappa shape index (κ1) is 22.4. The zero-order chi connectivity index (χ0) is 21.6. The van der Waals surface area contributed by atoms with Crippen molar-refractivity contribution in [2.75, 3.05) is 26.2 Å². The van der Waals surface area contributed by atoms with Gasteiger partial charge in [0.1, 0.15) is 9.92 Å². The molecule has 1 aliphatic heterocycles. The molecule has 31 heavy (non-hydrogen) atoms. The van der Waals surface area contributed by atoms with Crippen LogP contribution in [0.25, 0.3) is 11.0 Å². The summed E-state index contributed by atoms with van der Waals surface area (Å²) in [5, 5.41) is 6.13. The Hall–Kier alpha value is -1.83. The number of aromatic nitrogens is 1. The van der Waals surface area contributed by atoms with Gasteiger partial charge in [0, 0.05) is 40.9 Å². The number of hydrogen-bond acceptors (Lipinski definition) is 6. The number of carbonyl (C=O) groups excluding carboxylic acids is 1. The number of rotatable bonds is 9. The number of furan rings is 1. The molecule has 1 unspecified atom stereocenters. The highest BCUT2D eigenvalue weighted by molar-refractivity contribution is 8.00. The molecule has 1 aliphatic rings. The van der Waals surface area contributed by atoms with Crippen LogP contribution in [0.4, 0.5) is 0 Å². The summed E-state index contributed by atoms with van der Waals surface area (Å²) < 4.78 is 6.98. The van der Waals surface area contributed by atoms with Crippen LogP contribution in [-0.2, 0) is 5.75 Å². The number of benzene rings is 1. The Labute approximate surface area is 192 Å². The minimum absolute atomic E-state index is 0.117. The molecule has 0 radical (unpaired) electrons. The number of aryl methyl sites for hydroxylation is 1. The van der Waals surface area contributed by atoms with Crippen molar-refractivity contribution in [2.24, 2.45) is 5.92 Å². The Kier molecular flexibility index (Phi) is 7.69. The van der Waals surface area contributed by atoms with Crippen LogP contribution >= 0.6 is 23.1 Å². The first-order valence-corrected chi connectivity index (χ1v) is 13.0. The van der Waals surface area contributed by atoms with Crippen molar-refractivity contribution < 1.29 is 9.21 Å². The lowest BCUT2D eigenvalue weighted by atomic mass is 10.0. The van der Waals surface area contributed by atoms with Crippen molar-refractivity contribution in [2.45, 2.75) is 49.6 Å². The molecule has 4 rings (SSSR count). The lowest BCUT2D eigenvalue weighted by molar-refractivity contribution is 0.0925. The second-order valence-corrected chi connectivity index (χ2v) is 10.5. The summed E-state index contributed by atoms with van der Waals surface area (Å²) in [6, 6.07) is 7.88. The lowest BCUT2D eigenvalue weighted by Crippen LogP contribution is -2.35. The van der Waals surface area contributed by atoms with Gasteiger partial charge in [-0.25, -0.2) is 4.98 Å². The molecule has 3 heterocycles. The van der Waals surface area contributed by atoms with E-state index in [2.05, 4.69) is 22.1 Å². The minimum atomic E-state index is -0.117. The Morgan fingerprint density at radius 2 is 2.23 bits per heavy atom. The molecule has 3 aromatic rings. The molecular weight excluding hydrogens is 426 g/mol. The van der Waals surface area contributed by atoms with Crippen molar-refractivity contribution in [1.29, 1.82) is 0 Å². The van der Waals surface area contributed by atoms with E-state index in [1.54, 1.807) is 23.1 Å². The molecule has 1 amide bonds. The van der Waals surface area contributed by atoms with E-state index in [0.717, 1.165) is 51.9 Å². The molecule has 166 valence electrons. The highest BCUT2D eigenvalue weighted by Crippen LogP contribution is 2.33. The number of thiazole rings is 1. The molecule has 0 bridgehead atoms. The average molecular weight is 458 g/mol. The molecule has 0 aliphatic carbocycles. The number of fused-ring (bicyclic) bond motifs is 1. The average Bonchev–Trinajstić information content (AvgIpc) is 3.35. The maximum Gasteiger partial charge on any atom is 0.287 e. The predicted octanol–water partition coefficient (Wildman–Crippen LogP) is 5.73. The van der Waals surface area contributed by atoms with Gasteiger partial charge in [-0.15, -0.1) is 11.3 Å². The van der Waals surface area contributed by atoms with Crippen molar-refractivity contribution in [3.63, 3.8) is 0 Å². The summed E-state index contributed by atoms with van der Waals surface area (Å²) in [6.07, 6.45) is 4.76. The third-order valence-electron chi connectivity index (χ3n) is 5.77. The largest absolute Gasteiger partial charge is 0.451 e. The van der Waals surface area contributed by atoms with Crippen LogP contribution in [0.1, 0.15) is 54.4 Å². The number of hydrogen-bond donors (Lipinski definition) is 1. The van der Waals surface area contributed by atoms with Crippen LogP contribution in [0.5, 0.6) is 0 Å². The monoisotopic (exact) mass is 457 g/mol. The molecule has 0 saturated carbocycles. The van der Waals surface area contributed by atoms with Gasteiger partial charge in [-0.3, -0.25) is 4.79 Å². The van der Waals surface area contributed by atoms with Crippen molar-refractivity contribution in [3.05, 3.63) is 46.7 Å². The van der Waals surface area contributed by atoms with Gasteiger partial charge in [-0.1, -0.05) is 36.9 Å². The number of unbranched alkanes of at least 4 members (excludes halogenated alkanes) is 1. The van der Waals surface area contributed by atoms with Crippen molar-refractivity contribution in [1.82, 2.24) is 15.2 Å². The normalized spacial score (nSPS) is 17.3. The highest BCUT2D eigenvalue weighted by atomic mass is 32.2. The van der Waals surface area contributed by atoms with E-state index in [-0.39, 0.29) is 5.91 Å². The van der Waals surface area contributed by atoms with Crippen LogP contribution in [0.2, 0.25) is 0 Å². The topological polar surface area (TPSA) is 58.4 Å². The smallest absolute Gasteiger partial charge is 0.287 e. The van der Waals surface area contributed by atoms with E-state index in [9.17, 15) is 4.79 Å². The summed E-state index contributed by atoms with van der Waals surface area (Å²) in [4.78, 5) is 20.0. The number of para-hydroxylation sites is 1. The summed E-state index contributed by atoms with van der Waals surface area (Å²) in [7, 11) is 0. The van der Waals surface area contributed by atoms with E-state index in [4.69, 9.17) is 4.42 Å². The van der Waals surface area contributed by atoms with Gasteiger partial charge in [-0.05, 0) is 57.7 Å².